The first-order valence-corrected chi connectivity index (χ1v) is 8.42. The van der Waals surface area contributed by atoms with Crippen molar-refractivity contribution in [2.24, 2.45) is 5.92 Å². The number of hydrogen-bond donors (Lipinski definition) is 2. The number of ether oxygens (including phenoxy) is 2. The van der Waals surface area contributed by atoms with Crippen LogP contribution in [0.1, 0.15) is 20.3 Å². The average Bonchev–Trinajstić information content (AvgIpc) is 2.61. The third-order valence-electron chi connectivity index (χ3n) is 3.51. The minimum atomic E-state index is -1.05. The number of nitrogens with one attached hydrogen (secondary N) is 1. The van der Waals surface area contributed by atoms with Gasteiger partial charge in [0.05, 0.1) is 0 Å². The second kappa shape index (κ2) is 9.46. The Kier molecular flexibility index (Phi) is 7.02. The standard InChI is InChI=1S/C20H23NO5/c1-14(2)12-18(20(23)24)21-19(22)13-25-15-8-10-17(11-9-15)26-16-6-4-3-5-7-16/h3-11,14,18H,12-13H2,1-2H3,(H,21,22)(H,23,24)/t18-/m0/s1. The molecular weight excluding hydrogens is 334 g/mol. The number of aliphatic carboxylic acids is 1. The number of carbonyl (C=O) groups excluding carboxylic acids is 1. The van der Waals surface area contributed by atoms with Gasteiger partial charge in [-0.2, -0.15) is 0 Å². The van der Waals surface area contributed by atoms with Gasteiger partial charge in [-0.3, -0.25) is 4.79 Å². The molecular formula is C20H23NO5. The third kappa shape index (κ3) is 6.47. The van der Waals surface area contributed by atoms with Crippen molar-refractivity contribution in [2.75, 3.05) is 6.61 Å². The van der Waals surface area contributed by atoms with Crippen LogP contribution in [0.4, 0.5) is 0 Å². The Morgan fingerprint density at radius 2 is 1.54 bits per heavy atom. The topological polar surface area (TPSA) is 84.9 Å². The smallest absolute Gasteiger partial charge is 0.326 e. The summed E-state index contributed by atoms with van der Waals surface area (Å²) in [5, 5.41) is 11.6. The van der Waals surface area contributed by atoms with Crippen LogP contribution in [-0.4, -0.2) is 29.6 Å². The zero-order chi connectivity index (χ0) is 18.9. The molecule has 0 aliphatic carbocycles. The van der Waals surface area contributed by atoms with E-state index in [1.165, 1.54) is 0 Å². The van der Waals surface area contributed by atoms with Gasteiger partial charge in [0.25, 0.3) is 5.91 Å². The highest BCUT2D eigenvalue weighted by Gasteiger charge is 2.21. The first kappa shape index (κ1) is 19.3. The van der Waals surface area contributed by atoms with Gasteiger partial charge >= 0.3 is 5.97 Å². The van der Waals surface area contributed by atoms with Gasteiger partial charge < -0.3 is 19.9 Å². The van der Waals surface area contributed by atoms with Crippen LogP contribution in [0.5, 0.6) is 17.2 Å². The molecule has 2 aromatic rings. The van der Waals surface area contributed by atoms with Crippen LogP contribution in [0.15, 0.2) is 54.6 Å². The van der Waals surface area contributed by atoms with Crippen LogP contribution in [0.25, 0.3) is 0 Å². The Hall–Kier alpha value is -3.02. The fraction of sp³-hybridized carbons (Fsp3) is 0.300. The van der Waals surface area contributed by atoms with Gasteiger partial charge in [-0.15, -0.1) is 0 Å². The number of carbonyl (C=O) groups is 2. The summed E-state index contributed by atoms with van der Waals surface area (Å²) in [6, 6.07) is 15.3. The van der Waals surface area contributed by atoms with Gasteiger partial charge in [0, 0.05) is 0 Å². The molecule has 1 atom stereocenters. The van der Waals surface area contributed by atoms with Gasteiger partial charge in [-0.05, 0) is 48.7 Å². The van der Waals surface area contributed by atoms with Crippen molar-refractivity contribution in [1.82, 2.24) is 5.32 Å². The normalized spacial score (nSPS) is 11.7. The Morgan fingerprint density at radius 1 is 0.962 bits per heavy atom. The lowest BCUT2D eigenvalue weighted by Gasteiger charge is -2.16. The summed E-state index contributed by atoms with van der Waals surface area (Å²) in [7, 11) is 0. The minimum absolute atomic E-state index is 0.162. The summed E-state index contributed by atoms with van der Waals surface area (Å²) >= 11 is 0. The average molecular weight is 357 g/mol. The van der Waals surface area contributed by atoms with Crippen molar-refractivity contribution in [2.45, 2.75) is 26.3 Å². The molecule has 2 rings (SSSR count). The molecule has 0 saturated carbocycles. The molecule has 26 heavy (non-hydrogen) atoms. The zero-order valence-corrected chi connectivity index (χ0v) is 14.8. The molecule has 2 aromatic carbocycles. The van der Waals surface area contributed by atoms with E-state index in [0.717, 1.165) is 5.75 Å². The van der Waals surface area contributed by atoms with E-state index in [1.807, 2.05) is 44.2 Å². The van der Waals surface area contributed by atoms with Crippen LogP contribution in [0.3, 0.4) is 0 Å². The molecule has 0 fully saturated rings. The summed E-state index contributed by atoms with van der Waals surface area (Å²) in [4.78, 5) is 23.1. The van der Waals surface area contributed by atoms with E-state index < -0.39 is 17.9 Å². The van der Waals surface area contributed by atoms with E-state index in [1.54, 1.807) is 24.3 Å². The van der Waals surface area contributed by atoms with Gasteiger partial charge in [-0.1, -0.05) is 32.0 Å². The predicted octanol–water partition coefficient (Wildman–Crippen LogP) is 3.47. The Bertz CT molecular complexity index is 713. The molecule has 0 bridgehead atoms. The maximum atomic E-state index is 11.9. The quantitative estimate of drug-likeness (QED) is 0.718. The summed E-state index contributed by atoms with van der Waals surface area (Å²) in [6.07, 6.45) is 0.368. The fourth-order valence-electron chi connectivity index (χ4n) is 2.31. The van der Waals surface area contributed by atoms with E-state index in [-0.39, 0.29) is 12.5 Å². The van der Waals surface area contributed by atoms with Crippen LogP contribution in [0.2, 0.25) is 0 Å². The molecule has 0 unspecified atom stereocenters. The maximum Gasteiger partial charge on any atom is 0.326 e. The highest BCUT2D eigenvalue weighted by molar-refractivity contribution is 5.84. The molecule has 6 nitrogen and oxygen atoms in total. The van der Waals surface area contributed by atoms with Crippen LogP contribution >= 0.6 is 0 Å². The lowest BCUT2D eigenvalue weighted by molar-refractivity contribution is -0.142. The van der Waals surface area contributed by atoms with Gasteiger partial charge in [-0.25, -0.2) is 4.79 Å². The first-order chi connectivity index (χ1) is 12.4. The number of benzene rings is 2. The second-order valence-electron chi connectivity index (χ2n) is 6.26. The summed E-state index contributed by atoms with van der Waals surface area (Å²) in [5.41, 5.74) is 0. The fourth-order valence-corrected chi connectivity index (χ4v) is 2.31. The molecule has 0 aliphatic heterocycles. The van der Waals surface area contributed by atoms with Crippen LogP contribution < -0.4 is 14.8 Å². The largest absolute Gasteiger partial charge is 0.484 e. The Balaban J connectivity index is 1.83. The van der Waals surface area contributed by atoms with Crippen molar-refractivity contribution in [3.63, 3.8) is 0 Å². The minimum Gasteiger partial charge on any atom is -0.484 e. The number of para-hydroxylation sites is 1. The van der Waals surface area contributed by atoms with Crippen LogP contribution in [-0.2, 0) is 9.59 Å². The molecule has 1 amide bonds. The second-order valence-corrected chi connectivity index (χ2v) is 6.26. The zero-order valence-electron chi connectivity index (χ0n) is 14.8. The number of carboxylic acid groups (broad SMARTS) is 1. The van der Waals surface area contributed by atoms with Gasteiger partial charge in [0.15, 0.2) is 6.61 Å². The summed E-state index contributed by atoms with van der Waals surface area (Å²) < 4.78 is 11.1. The van der Waals surface area contributed by atoms with E-state index in [9.17, 15) is 9.59 Å². The highest BCUT2D eigenvalue weighted by Crippen LogP contribution is 2.23. The van der Waals surface area contributed by atoms with Gasteiger partial charge in [0.1, 0.15) is 23.3 Å². The van der Waals surface area contributed by atoms with Crippen molar-refractivity contribution in [3.8, 4) is 17.2 Å². The van der Waals surface area contributed by atoms with Crippen molar-refractivity contribution >= 4 is 11.9 Å². The Labute approximate surface area is 152 Å². The summed E-state index contributed by atoms with van der Waals surface area (Å²) in [6.45, 7) is 3.55. The number of hydrogen-bond acceptors (Lipinski definition) is 4. The van der Waals surface area contributed by atoms with Gasteiger partial charge in [0.2, 0.25) is 0 Å². The Morgan fingerprint density at radius 3 is 2.12 bits per heavy atom. The predicted molar refractivity (Wildman–Crippen MR) is 97.5 cm³/mol. The molecule has 2 N–H and O–H groups in total. The molecule has 138 valence electrons. The van der Waals surface area contributed by atoms with Crippen molar-refractivity contribution in [1.29, 1.82) is 0 Å². The molecule has 0 radical (unpaired) electrons. The summed E-state index contributed by atoms with van der Waals surface area (Å²) in [5.74, 6) is 0.518. The molecule has 0 aliphatic rings. The maximum absolute atomic E-state index is 11.9. The van der Waals surface area contributed by atoms with E-state index in [4.69, 9.17) is 14.6 Å². The van der Waals surface area contributed by atoms with Crippen molar-refractivity contribution in [3.05, 3.63) is 54.6 Å². The third-order valence-corrected chi connectivity index (χ3v) is 3.51. The molecule has 6 heteroatoms. The van der Waals surface area contributed by atoms with E-state index >= 15 is 0 Å². The first-order valence-electron chi connectivity index (χ1n) is 8.42. The SMILES string of the molecule is CC(C)C[C@H](NC(=O)COc1ccc(Oc2ccccc2)cc1)C(=O)O. The lowest BCUT2D eigenvalue weighted by atomic mass is 10.0. The lowest BCUT2D eigenvalue weighted by Crippen LogP contribution is -2.43. The molecule has 0 aromatic heterocycles. The monoisotopic (exact) mass is 357 g/mol. The number of amides is 1. The number of rotatable bonds is 9. The molecule has 0 spiro atoms. The number of carboxylic acids is 1. The molecule has 0 saturated heterocycles. The van der Waals surface area contributed by atoms with Crippen molar-refractivity contribution < 1.29 is 24.2 Å². The highest BCUT2D eigenvalue weighted by atomic mass is 16.5. The van der Waals surface area contributed by atoms with Crippen LogP contribution in [0, 0.1) is 5.92 Å². The van der Waals surface area contributed by atoms with E-state index in [0.29, 0.717) is 17.9 Å². The van der Waals surface area contributed by atoms with E-state index in [2.05, 4.69) is 5.32 Å². The molecule has 0 heterocycles.